The summed E-state index contributed by atoms with van der Waals surface area (Å²) in [7, 11) is -7.42. The molecule has 1 aromatic rings. The van der Waals surface area contributed by atoms with Gasteiger partial charge in [0.2, 0.25) is 10.0 Å². The minimum absolute atomic E-state index is 0.106. The maximum Gasteiger partial charge on any atom is 0.243 e. The Morgan fingerprint density at radius 1 is 1.29 bits per heavy atom. The SMILES string of the molecule is CS(=O)(=O)CCNS(=O)(=O)c1ccc(C#CCN)cc1F. The first-order valence-corrected chi connectivity index (χ1v) is 9.36. The van der Waals surface area contributed by atoms with Crippen molar-refractivity contribution >= 4 is 19.9 Å². The van der Waals surface area contributed by atoms with E-state index in [4.69, 9.17) is 5.73 Å². The second-order valence-corrected chi connectivity index (χ2v) is 8.17. The van der Waals surface area contributed by atoms with Crippen LogP contribution in [0, 0.1) is 17.7 Å². The highest BCUT2D eigenvalue weighted by Gasteiger charge is 2.19. The van der Waals surface area contributed by atoms with Gasteiger partial charge in [-0.05, 0) is 18.2 Å². The lowest BCUT2D eigenvalue weighted by Crippen LogP contribution is -2.29. The van der Waals surface area contributed by atoms with Crippen LogP contribution < -0.4 is 10.5 Å². The highest BCUT2D eigenvalue weighted by Crippen LogP contribution is 2.15. The predicted molar refractivity (Wildman–Crippen MR) is 77.2 cm³/mol. The number of sulfonamides is 1. The second kappa shape index (κ2) is 7.00. The molecule has 0 spiro atoms. The van der Waals surface area contributed by atoms with Crippen LogP contribution in [0.3, 0.4) is 0 Å². The molecule has 0 atom stereocenters. The van der Waals surface area contributed by atoms with E-state index in [1.807, 2.05) is 4.72 Å². The van der Waals surface area contributed by atoms with E-state index in [2.05, 4.69) is 11.8 Å². The largest absolute Gasteiger partial charge is 0.320 e. The molecule has 3 N–H and O–H groups in total. The minimum Gasteiger partial charge on any atom is -0.320 e. The van der Waals surface area contributed by atoms with Crippen molar-refractivity contribution in [3.63, 3.8) is 0 Å². The quantitative estimate of drug-likeness (QED) is 0.703. The Morgan fingerprint density at radius 2 is 1.95 bits per heavy atom. The highest BCUT2D eigenvalue weighted by molar-refractivity contribution is 7.91. The molecule has 0 radical (unpaired) electrons. The molecule has 0 heterocycles. The third-order valence-corrected chi connectivity index (χ3v) is 4.76. The van der Waals surface area contributed by atoms with Gasteiger partial charge >= 0.3 is 0 Å². The number of hydrogen-bond donors (Lipinski definition) is 2. The average molecular weight is 334 g/mol. The van der Waals surface area contributed by atoms with E-state index in [1.165, 1.54) is 6.07 Å². The molecule has 0 fully saturated rings. The molecule has 0 saturated heterocycles. The Kier molecular flexibility index (Phi) is 5.86. The maximum atomic E-state index is 13.8. The molecule has 9 heteroatoms. The van der Waals surface area contributed by atoms with Gasteiger partial charge in [0.25, 0.3) is 0 Å². The third-order valence-electron chi connectivity index (χ3n) is 2.32. The van der Waals surface area contributed by atoms with E-state index in [0.717, 1.165) is 18.4 Å². The van der Waals surface area contributed by atoms with Crippen LogP contribution in [0.4, 0.5) is 4.39 Å². The number of nitrogens with two attached hydrogens (primary N) is 1. The van der Waals surface area contributed by atoms with Crippen molar-refractivity contribution in [3.8, 4) is 11.8 Å². The lowest BCUT2D eigenvalue weighted by Gasteiger charge is -2.07. The van der Waals surface area contributed by atoms with Crippen molar-refractivity contribution in [2.45, 2.75) is 4.90 Å². The number of nitrogens with one attached hydrogen (secondary N) is 1. The van der Waals surface area contributed by atoms with E-state index in [-0.39, 0.29) is 18.8 Å². The van der Waals surface area contributed by atoms with Gasteiger partial charge in [0.15, 0.2) is 0 Å². The number of benzene rings is 1. The van der Waals surface area contributed by atoms with Crippen molar-refractivity contribution in [2.24, 2.45) is 5.73 Å². The van der Waals surface area contributed by atoms with Crippen LogP contribution in [0.2, 0.25) is 0 Å². The molecule has 6 nitrogen and oxygen atoms in total. The van der Waals surface area contributed by atoms with Gasteiger partial charge < -0.3 is 5.73 Å². The average Bonchev–Trinajstić information content (AvgIpc) is 2.34. The van der Waals surface area contributed by atoms with Crippen LogP contribution in [0.25, 0.3) is 0 Å². The first kappa shape index (κ1) is 17.6. The fraction of sp³-hybridized carbons (Fsp3) is 0.333. The van der Waals surface area contributed by atoms with Gasteiger partial charge in [0.05, 0.1) is 12.3 Å². The van der Waals surface area contributed by atoms with Crippen molar-refractivity contribution in [1.29, 1.82) is 0 Å². The molecule has 0 amide bonds. The molecular formula is C12H15FN2O4S2. The molecule has 0 saturated carbocycles. The number of sulfone groups is 1. The van der Waals surface area contributed by atoms with Crippen LogP contribution in [0.15, 0.2) is 23.1 Å². The summed E-state index contributed by atoms with van der Waals surface area (Å²) in [5.41, 5.74) is 5.48. The zero-order chi connectivity index (χ0) is 16.1. The molecule has 116 valence electrons. The Hall–Kier alpha value is -1.47. The van der Waals surface area contributed by atoms with Crippen molar-refractivity contribution in [2.75, 3.05) is 25.1 Å². The summed E-state index contributed by atoms with van der Waals surface area (Å²) >= 11 is 0. The highest BCUT2D eigenvalue weighted by atomic mass is 32.2. The van der Waals surface area contributed by atoms with Crippen LogP contribution in [-0.4, -0.2) is 41.9 Å². The fourth-order valence-corrected chi connectivity index (χ4v) is 3.08. The van der Waals surface area contributed by atoms with Gasteiger partial charge in [0.1, 0.15) is 20.5 Å². The first-order chi connectivity index (χ1) is 9.65. The van der Waals surface area contributed by atoms with E-state index < -0.39 is 30.6 Å². The Balaban J connectivity index is 2.94. The summed E-state index contributed by atoms with van der Waals surface area (Å²) < 4.78 is 61.4. The van der Waals surface area contributed by atoms with Crippen molar-refractivity contribution in [3.05, 3.63) is 29.6 Å². The first-order valence-electron chi connectivity index (χ1n) is 5.81. The Morgan fingerprint density at radius 3 is 2.48 bits per heavy atom. The van der Waals surface area contributed by atoms with Crippen molar-refractivity contribution < 1.29 is 21.2 Å². The van der Waals surface area contributed by atoms with E-state index >= 15 is 0 Å². The van der Waals surface area contributed by atoms with Gasteiger partial charge in [-0.25, -0.2) is 25.9 Å². The summed E-state index contributed by atoms with van der Waals surface area (Å²) in [5.74, 6) is 3.76. The van der Waals surface area contributed by atoms with Gasteiger partial charge in [-0.2, -0.15) is 0 Å². The van der Waals surface area contributed by atoms with Crippen LogP contribution in [0.5, 0.6) is 0 Å². The summed E-state index contributed by atoms with van der Waals surface area (Å²) in [6, 6.07) is 3.39. The predicted octanol–water partition coefficient (Wildman–Crippen LogP) is -0.541. The molecular weight excluding hydrogens is 319 g/mol. The number of hydrogen-bond acceptors (Lipinski definition) is 5. The van der Waals surface area contributed by atoms with Gasteiger partial charge in [-0.15, -0.1) is 0 Å². The van der Waals surface area contributed by atoms with E-state index in [0.29, 0.717) is 5.56 Å². The standard InChI is InChI=1S/C12H15FN2O4S2/c1-20(16,17)8-7-15-21(18,19)12-5-4-10(3-2-6-14)9-11(12)13/h4-5,9,15H,6-8,14H2,1H3. The zero-order valence-electron chi connectivity index (χ0n) is 11.3. The third kappa shape index (κ3) is 5.81. The molecule has 0 aromatic heterocycles. The normalized spacial score (nSPS) is 11.8. The van der Waals surface area contributed by atoms with E-state index in [1.54, 1.807) is 0 Å². The Bertz CT molecular complexity index is 777. The second-order valence-electron chi connectivity index (χ2n) is 4.18. The molecule has 21 heavy (non-hydrogen) atoms. The van der Waals surface area contributed by atoms with Gasteiger partial charge in [-0.1, -0.05) is 11.8 Å². The Labute approximate surface area is 123 Å². The fourth-order valence-electron chi connectivity index (χ4n) is 1.39. The van der Waals surface area contributed by atoms with Crippen LogP contribution in [-0.2, 0) is 19.9 Å². The lowest BCUT2D eigenvalue weighted by atomic mass is 10.2. The summed E-state index contributed by atoms with van der Waals surface area (Å²) in [6.07, 6.45) is 0.979. The molecule has 0 unspecified atom stereocenters. The van der Waals surface area contributed by atoms with Crippen molar-refractivity contribution in [1.82, 2.24) is 4.72 Å². The summed E-state index contributed by atoms with van der Waals surface area (Å²) in [5, 5.41) is 0. The van der Waals surface area contributed by atoms with Gasteiger partial charge in [0, 0.05) is 18.4 Å². The molecule has 0 aliphatic carbocycles. The zero-order valence-corrected chi connectivity index (χ0v) is 12.9. The topological polar surface area (TPSA) is 106 Å². The number of rotatable bonds is 5. The molecule has 1 aromatic carbocycles. The monoisotopic (exact) mass is 334 g/mol. The number of halogens is 1. The lowest BCUT2D eigenvalue weighted by molar-refractivity contribution is 0.558. The van der Waals surface area contributed by atoms with Gasteiger partial charge in [-0.3, -0.25) is 0 Å². The summed E-state index contributed by atoms with van der Waals surface area (Å²) in [6.45, 7) is -0.218. The smallest absolute Gasteiger partial charge is 0.243 e. The maximum absolute atomic E-state index is 13.8. The molecule has 1 rings (SSSR count). The molecule has 0 bridgehead atoms. The van der Waals surface area contributed by atoms with E-state index in [9.17, 15) is 21.2 Å². The molecule has 0 aliphatic heterocycles. The summed E-state index contributed by atoms with van der Waals surface area (Å²) in [4.78, 5) is -0.561. The van der Waals surface area contributed by atoms with Crippen LogP contribution >= 0.6 is 0 Å². The molecule has 0 aliphatic rings. The minimum atomic E-state index is -4.11. The van der Waals surface area contributed by atoms with Crippen LogP contribution in [0.1, 0.15) is 5.56 Å².